The zero-order chi connectivity index (χ0) is 13.9. The second-order valence-corrected chi connectivity index (χ2v) is 6.16. The Morgan fingerprint density at radius 2 is 2.20 bits per heavy atom. The molecule has 0 atom stereocenters. The molecule has 20 heavy (non-hydrogen) atoms. The lowest BCUT2D eigenvalue weighted by atomic mass is 9.98. The number of carbonyl (C=O) groups is 1. The molecule has 0 aromatic carbocycles. The van der Waals surface area contributed by atoms with Crippen LogP contribution in [-0.2, 0) is 4.74 Å². The smallest absolute Gasteiger partial charge is 0.414 e. The van der Waals surface area contributed by atoms with E-state index in [1.54, 1.807) is 11.1 Å². The van der Waals surface area contributed by atoms with Crippen LogP contribution >= 0.6 is 15.9 Å². The molecule has 2 heterocycles. The summed E-state index contributed by atoms with van der Waals surface area (Å²) in [6.45, 7) is 1.30. The lowest BCUT2D eigenvalue weighted by molar-refractivity contribution is 0.0808. The zero-order valence-electron chi connectivity index (χ0n) is 11.3. The molecule has 6 heteroatoms. The van der Waals surface area contributed by atoms with Gasteiger partial charge in [0.25, 0.3) is 0 Å². The van der Waals surface area contributed by atoms with E-state index in [1.807, 2.05) is 6.07 Å². The SMILES string of the molecule is O=C(OC1CCCCC1)N1CCNc2ncc(Br)cc21. The summed E-state index contributed by atoms with van der Waals surface area (Å²) in [5.41, 5.74) is 0.784. The van der Waals surface area contributed by atoms with Gasteiger partial charge in [0.05, 0.1) is 5.69 Å². The zero-order valence-corrected chi connectivity index (χ0v) is 12.9. The van der Waals surface area contributed by atoms with E-state index in [4.69, 9.17) is 4.74 Å². The summed E-state index contributed by atoms with van der Waals surface area (Å²) in [5.74, 6) is 0.736. The van der Waals surface area contributed by atoms with Gasteiger partial charge >= 0.3 is 6.09 Å². The van der Waals surface area contributed by atoms with Gasteiger partial charge in [-0.15, -0.1) is 0 Å². The van der Waals surface area contributed by atoms with Crippen LogP contribution in [0.15, 0.2) is 16.7 Å². The van der Waals surface area contributed by atoms with Crippen LogP contribution in [0.3, 0.4) is 0 Å². The molecule has 1 aromatic heterocycles. The van der Waals surface area contributed by atoms with Crippen LogP contribution in [-0.4, -0.2) is 30.3 Å². The van der Waals surface area contributed by atoms with Crippen molar-refractivity contribution < 1.29 is 9.53 Å². The third-order valence-corrected chi connectivity index (χ3v) is 4.23. The monoisotopic (exact) mass is 339 g/mol. The minimum Gasteiger partial charge on any atom is -0.446 e. The Morgan fingerprint density at radius 1 is 1.40 bits per heavy atom. The maximum atomic E-state index is 12.4. The molecule has 108 valence electrons. The largest absolute Gasteiger partial charge is 0.446 e. The molecule has 1 N–H and O–H groups in total. The van der Waals surface area contributed by atoms with E-state index >= 15 is 0 Å². The van der Waals surface area contributed by atoms with Crippen molar-refractivity contribution >= 4 is 33.5 Å². The van der Waals surface area contributed by atoms with Crippen molar-refractivity contribution in [2.24, 2.45) is 0 Å². The van der Waals surface area contributed by atoms with Crippen LogP contribution < -0.4 is 10.2 Å². The Labute approximate surface area is 126 Å². The number of nitrogens with zero attached hydrogens (tertiary/aromatic N) is 2. The van der Waals surface area contributed by atoms with E-state index < -0.39 is 0 Å². The summed E-state index contributed by atoms with van der Waals surface area (Å²) < 4.78 is 6.50. The molecule has 0 unspecified atom stereocenters. The van der Waals surface area contributed by atoms with Crippen molar-refractivity contribution in [2.45, 2.75) is 38.2 Å². The average molecular weight is 340 g/mol. The molecule has 1 saturated carbocycles. The molecule has 0 radical (unpaired) electrons. The van der Waals surface area contributed by atoms with Crippen LogP contribution in [0.1, 0.15) is 32.1 Å². The Morgan fingerprint density at radius 3 is 3.00 bits per heavy atom. The number of amides is 1. The fourth-order valence-corrected chi connectivity index (χ4v) is 3.08. The van der Waals surface area contributed by atoms with Crippen molar-refractivity contribution in [1.82, 2.24) is 4.98 Å². The third kappa shape index (κ3) is 2.90. The number of hydrogen-bond donors (Lipinski definition) is 1. The van der Waals surface area contributed by atoms with Gasteiger partial charge in [-0.25, -0.2) is 9.78 Å². The molecule has 0 saturated heterocycles. The van der Waals surface area contributed by atoms with E-state index in [0.717, 1.165) is 41.7 Å². The van der Waals surface area contributed by atoms with Crippen molar-refractivity contribution in [3.63, 3.8) is 0 Å². The molecular formula is C14H18BrN3O2. The second-order valence-electron chi connectivity index (χ2n) is 5.24. The molecule has 0 spiro atoms. The second kappa shape index (κ2) is 5.99. The minimum absolute atomic E-state index is 0.0784. The predicted molar refractivity (Wildman–Crippen MR) is 81.1 cm³/mol. The van der Waals surface area contributed by atoms with Gasteiger partial charge in [0.2, 0.25) is 0 Å². The highest BCUT2D eigenvalue weighted by molar-refractivity contribution is 9.10. The van der Waals surface area contributed by atoms with Crippen molar-refractivity contribution in [3.8, 4) is 0 Å². The number of nitrogens with one attached hydrogen (secondary N) is 1. The number of anilines is 2. The quantitative estimate of drug-likeness (QED) is 0.850. The van der Waals surface area contributed by atoms with Gasteiger partial charge in [0.1, 0.15) is 11.9 Å². The molecule has 2 aliphatic rings. The van der Waals surface area contributed by atoms with Gasteiger partial charge in [-0.1, -0.05) is 6.42 Å². The van der Waals surface area contributed by atoms with Crippen molar-refractivity contribution in [3.05, 3.63) is 16.7 Å². The lowest BCUT2D eigenvalue weighted by Gasteiger charge is -2.31. The predicted octanol–water partition coefficient (Wildman–Crippen LogP) is 3.55. The van der Waals surface area contributed by atoms with Crippen LogP contribution in [0.2, 0.25) is 0 Å². The minimum atomic E-state index is -0.250. The number of pyridine rings is 1. The van der Waals surface area contributed by atoms with E-state index in [9.17, 15) is 4.79 Å². The molecule has 3 rings (SSSR count). The lowest BCUT2D eigenvalue weighted by Crippen LogP contribution is -2.41. The summed E-state index contributed by atoms with van der Waals surface area (Å²) >= 11 is 3.40. The maximum Gasteiger partial charge on any atom is 0.414 e. The van der Waals surface area contributed by atoms with Crippen LogP contribution in [0.5, 0.6) is 0 Å². The fraction of sp³-hybridized carbons (Fsp3) is 0.571. The number of aromatic nitrogens is 1. The first-order chi connectivity index (χ1) is 9.74. The number of ether oxygens (including phenoxy) is 1. The molecular weight excluding hydrogens is 322 g/mol. The van der Waals surface area contributed by atoms with Gasteiger partial charge in [0.15, 0.2) is 0 Å². The summed E-state index contributed by atoms with van der Waals surface area (Å²) in [6.07, 6.45) is 7.09. The average Bonchev–Trinajstić information content (AvgIpc) is 2.47. The number of rotatable bonds is 1. The summed E-state index contributed by atoms with van der Waals surface area (Å²) in [7, 11) is 0. The normalized spacial score (nSPS) is 19.1. The third-order valence-electron chi connectivity index (χ3n) is 3.79. The van der Waals surface area contributed by atoms with Gasteiger partial charge < -0.3 is 10.1 Å². The van der Waals surface area contributed by atoms with E-state index in [0.29, 0.717) is 13.1 Å². The Balaban J connectivity index is 1.74. The molecule has 1 aliphatic heterocycles. The summed E-state index contributed by atoms with van der Waals surface area (Å²) in [5, 5.41) is 3.20. The highest BCUT2D eigenvalue weighted by Gasteiger charge is 2.27. The van der Waals surface area contributed by atoms with Gasteiger partial charge in [-0.05, 0) is 47.7 Å². The summed E-state index contributed by atoms with van der Waals surface area (Å²) in [4.78, 5) is 18.3. The maximum absolute atomic E-state index is 12.4. The fourth-order valence-electron chi connectivity index (χ4n) is 2.76. The Hall–Kier alpha value is -1.30. The van der Waals surface area contributed by atoms with Gasteiger partial charge in [-0.2, -0.15) is 0 Å². The van der Waals surface area contributed by atoms with E-state index in [-0.39, 0.29) is 12.2 Å². The number of hydrogen-bond acceptors (Lipinski definition) is 4. The first-order valence-electron chi connectivity index (χ1n) is 7.11. The van der Waals surface area contributed by atoms with Gasteiger partial charge in [0, 0.05) is 23.8 Å². The van der Waals surface area contributed by atoms with Crippen LogP contribution in [0.25, 0.3) is 0 Å². The highest BCUT2D eigenvalue weighted by atomic mass is 79.9. The standard InChI is InChI=1S/C14H18BrN3O2/c15-10-8-12-13(17-9-10)16-6-7-18(12)14(19)20-11-4-2-1-3-5-11/h8-9,11H,1-7H2,(H,16,17). The van der Waals surface area contributed by atoms with Crippen LogP contribution in [0.4, 0.5) is 16.3 Å². The van der Waals surface area contributed by atoms with E-state index in [2.05, 4.69) is 26.2 Å². The molecule has 5 nitrogen and oxygen atoms in total. The molecule has 1 aromatic rings. The number of carbonyl (C=O) groups excluding carboxylic acids is 1. The summed E-state index contributed by atoms with van der Waals surface area (Å²) in [6, 6.07) is 1.90. The Kier molecular flexibility index (Phi) is 4.10. The Bertz CT molecular complexity index is 503. The first-order valence-corrected chi connectivity index (χ1v) is 7.91. The molecule has 1 amide bonds. The van der Waals surface area contributed by atoms with Gasteiger partial charge in [-0.3, -0.25) is 4.90 Å². The topological polar surface area (TPSA) is 54.5 Å². The first kappa shape index (κ1) is 13.7. The highest BCUT2D eigenvalue weighted by Crippen LogP contribution is 2.31. The van der Waals surface area contributed by atoms with Crippen molar-refractivity contribution in [1.29, 1.82) is 0 Å². The van der Waals surface area contributed by atoms with Crippen LogP contribution in [0, 0.1) is 0 Å². The molecule has 1 aliphatic carbocycles. The van der Waals surface area contributed by atoms with Crippen molar-refractivity contribution in [2.75, 3.05) is 23.3 Å². The van der Waals surface area contributed by atoms with E-state index in [1.165, 1.54) is 6.42 Å². The number of fused-ring (bicyclic) bond motifs is 1. The number of halogens is 1. The molecule has 0 bridgehead atoms. The molecule has 1 fully saturated rings.